The van der Waals surface area contributed by atoms with Gasteiger partial charge in [0.1, 0.15) is 12.2 Å². The first-order valence-electron chi connectivity index (χ1n) is 6.67. The quantitative estimate of drug-likeness (QED) is 0.760. The predicted octanol–water partition coefficient (Wildman–Crippen LogP) is 2.29. The van der Waals surface area contributed by atoms with Gasteiger partial charge in [0.15, 0.2) is 11.2 Å². The second-order valence-electron chi connectivity index (χ2n) is 4.89. The van der Waals surface area contributed by atoms with E-state index in [4.69, 9.17) is 16.3 Å². The molecule has 8 heteroatoms. The molecule has 21 heavy (non-hydrogen) atoms. The Balaban J connectivity index is 2.44. The van der Waals surface area contributed by atoms with Gasteiger partial charge >= 0.3 is 0 Å². The van der Waals surface area contributed by atoms with E-state index < -0.39 is 10.8 Å². The molecule has 0 aliphatic heterocycles. The maximum absolute atomic E-state index is 11.5. The van der Waals surface area contributed by atoms with Gasteiger partial charge in [-0.3, -0.25) is 4.21 Å². The Kier molecular flexibility index (Phi) is 5.16. The molecule has 0 amide bonds. The van der Waals surface area contributed by atoms with Gasteiger partial charge in [-0.1, -0.05) is 6.92 Å². The Bertz CT molecular complexity index is 659. The van der Waals surface area contributed by atoms with Crippen LogP contribution < -0.4 is 4.74 Å². The smallest absolute Gasteiger partial charge is 0.245 e. The topological polar surface area (TPSA) is 69.9 Å². The monoisotopic (exact) mass is 330 g/mol. The number of aryl methyl sites for hydroxylation is 1. The molecule has 0 bridgehead atoms. The zero-order chi connectivity index (χ0) is 15.6. The first kappa shape index (κ1) is 16.2. The summed E-state index contributed by atoms with van der Waals surface area (Å²) in [6.07, 6.45) is 3.92. The Morgan fingerprint density at radius 2 is 2.14 bits per heavy atom. The molecule has 0 aliphatic rings. The van der Waals surface area contributed by atoms with Crippen molar-refractivity contribution in [2.24, 2.45) is 0 Å². The number of fused-ring (bicyclic) bond motifs is 1. The molecular weight excluding hydrogens is 312 g/mol. The molecule has 0 aromatic carbocycles. The number of imidazole rings is 1. The summed E-state index contributed by atoms with van der Waals surface area (Å²) in [6.45, 7) is 4.49. The molecule has 6 nitrogen and oxygen atoms in total. The van der Waals surface area contributed by atoms with Crippen molar-refractivity contribution in [1.29, 1.82) is 0 Å². The fourth-order valence-corrected chi connectivity index (χ4v) is 2.69. The average molecular weight is 331 g/mol. The molecule has 0 spiro atoms. The average Bonchev–Trinajstić information content (AvgIpc) is 2.83. The van der Waals surface area contributed by atoms with E-state index in [2.05, 4.69) is 15.0 Å². The molecule has 0 N–H and O–H groups in total. The number of rotatable bonds is 6. The second kappa shape index (κ2) is 6.70. The van der Waals surface area contributed by atoms with Crippen molar-refractivity contribution in [3.05, 3.63) is 12.2 Å². The molecule has 3 unspecified atom stereocenters. The number of hydrogen-bond donors (Lipinski definition) is 0. The van der Waals surface area contributed by atoms with Crippen LogP contribution in [0.25, 0.3) is 11.2 Å². The van der Waals surface area contributed by atoms with Crippen LogP contribution in [-0.2, 0) is 17.3 Å². The molecule has 2 aromatic rings. The van der Waals surface area contributed by atoms with Crippen molar-refractivity contribution < 1.29 is 8.95 Å². The first-order chi connectivity index (χ1) is 9.95. The molecule has 2 aromatic heterocycles. The van der Waals surface area contributed by atoms with Crippen molar-refractivity contribution >= 4 is 33.6 Å². The van der Waals surface area contributed by atoms with Gasteiger partial charge in [0, 0.05) is 28.9 Å². The van der Waals surface area contributed by atoms with E-state index in [1.807, 2.05) is 18.4 Å². The molecule has 0 radical (unpaired) electrons. The van der Waals surface area contributed by atoms with Crippen molar-refractivity contribution in [3.63, 3.8) is 0 Å². The van der Waals surface area contributed by atoms with Crippen LogP contribution in [0.1, 0.15) is 31.5 Å². The van der Waals surface area contributed by atoms with E-state index in [1.165, 1.54) is 6.33 Å². The summed E-state index contributed by atoms with van der Waals surface area (Å²) in [6, 6.07) is 0. The molecule has 0 fully saturated rings. The predicted molar refractivity (Wildman–Crippen MR) is 84.3 cm³/mol. The van der Waals surface area contributed by atoms with Crippen LogP contribution in [0.3, 0.4) is 0 Å². The van der Waals surface area contributed by atoms with Crippen LogP contribution in [0.2, 0.25) is 0 Å². The number of ether oxygens (including phenoxy) is 1. The standard InChI is InChI=1S/C13H19ClN4O2S/c1-8(21(4)19)5-6-18-11(9(2)14)17-10-12(18)15-7-16-13(10)20-3/h7-9H,5-6H2,1-4H3. The van der Waals surface area contributed by atoms with Crippen LogP contribution in [0, 0.1) is 0 Å². The largest absolute Gasteiger partial charge is 0.479 e. The molecule has 0 saturated heterocycles. The second-order valence-corrected chi connectivity index (χ2v) is 7.35. The van der Waals surface area contributed by atoms with E-state index >= 15 is 0 Å². The van der Waals surface area contributed by atoms with E-state index in [0.717, 1.165) is 12.2 Å². The van der Waals surface area contributed by atoms with Gasteiger partial charge in [0.05, 0.1) is 12.5 Å². The summed E-state index contributed by atoms with van der Waals surface area (Å²) in [5.41, 5.74) is 1.30. The maximum Gasteiger partial charge on any atom is 0.245 e. The molecule has 116 valence electrons. The van der Waals surface area contributed by atoms with E-state index in [0.29, 0.717) is 23.6 Å². The summed E-state index contributed by atoms with van der Waals surface area (Å²) in [4.78, 5) is 12.9. The Morgan fingerprint density at radius 3 is 2.71 bits per heavy atom. The zero-order valence-corrected chi connectivity index (χ0v) is 14.1. The maximum atomic E-state index is 11.5. The normalized spacial score (nSPS) is 15.9. The minimum atomic E-state index is -0.853. The van der Waals surface area contributed by atoms with Crippen LogP contribution in [0.4, 0.5) is 0 Å². The highest BCUT2D eigenvalue weighted by Gasteiger charge is 2.20. The number of halogens is 1. The number of hydrogen-bond acceptors (Lipinski definition) is 5. The Labute approximate surface area is 131 Å². The summed E-state index contributed by atoms with van der Waals surface area (Å²) >= 11 is 6.22. The summed E-state index contributed by atoms with van der Waals surface area (Å²) in [5.74, 6) is 1.16. The van der Waals surface area contributed by atoms with Crippen molar-refractivity contribution in [1.82, 2.24) is 19.5 Å². The number of nitrogens with zero attached hydrogens (tertiary/aromatic N) is 4. The van der Waals surface area contributed by atoms with E-state index in [9.17, 15) is 4.21 Å². The lowest BCUT2D eigenvalue weighted by molar-refractivity contribution is 0.401. The third kappa shape index (κ3) is 3.35. The van der Waals surface area contributed by atoms with Crippen LogP contribution in [-0.4, -0.2) is 42.3 Å². The van der Waals surface area contributed by atoms with E-state index in [-0.39, 0.29) is 10.6 Å². The van der Waals surface area contributed by atoms with Gasteiger partial charge in [0.25, 0.3) is 0 Å². The molecular formula is C13H19ClN4O2S. The zero-order valence-electron chi connectivity index (χ0n) is 12.5. The lowest BCUT2D eigenvalue weighted by Gasteiger charge is -2.12. The van der Waals surface area contributed by atoms with E-state index in [1.54, 1.807) is 13.4 Å². The van der Waals surface area contributed by atoms with Gasteiger partial charge in [0.2, 0.25) is 5.88 Å². The Morgan fingerprint density at radius 1 is 1.43 bits per heavy atom. The first-order valence-corrected chi connectivity index (χ1v) is 8.72. The highest BCUT2D eigenvalue weighted by molar-refractivity contribution is 7.84. The lowest BCUT2D eigenvalue weighted by Crippen LogP contribution is -2.14. The van der Waals surface area contributed by atoms with Gasteiger partial charge in [-0.05, 0) is 13.3 Å². The molecule has 3 atom stereocenters. The van der Waals surface area contributed by atoms with Crippen LogP contribution in [0.5, 0.6) is 5.88 Å². The van der Waals surface area contributed by atoms with Crippen LogP contribution >= 0.6 is 11.6 Å². The molecule has 2 heterocycles. The number of aromatic nitrogens is 4. The third-order valence-corrected chi connectivity index (χ3v) is 4.97. The summed E-state index contributed by atoms with van der Waals surface area (Å²) < 4.78 is 18.7. The highest BCUT2D eigenvalue weighted by atomic mass is 35.5. The Hall–Kier alpha value is -1.21. The van der Waals surface area contributed by atoms with Gasteiger partial charge in [-0.2, -0.15) is 4.98 Å². The van der Waals surface area contributed by atoms with Gasteiger partial charge < -0.3 is 9.30 Å². The highest BCUT2D eigenvalue weighted by Crippen LogP contribution is 2.27. The fraction of sp³-hybridized carbons (Fsp3) is 0.615. The van der Waals surface area contributed by atoms with Crippen molar-refractivity contribution in [2.45, 2.75) is 37.4 Å². The number of alkyl halides is 1. The number of methoxy groups -OCH3 is 1. The van der Waals surface area contributed by atoms with Crippen LogP contribution in [0.15, 0.2) is 6.33 Å². The third-order valence-electron chi connectivity index (χ3n) is 3.40. The lowest BCUT2D eigenvalue weighted by atomic mass is 10.3. The van der Waals surface area contributed by atoms with Gasteiger partial charge in [-0.25, -0.2) is 9.97 Å². The minimum absolute atomic E-state index is 0.102. The van der Waals surface area contributed by atoms with Crippen molar-refractivity contribution in [2.75, 3.05) is 13.4 Å². The molecule has 0 saturated carbocycles. The summed E-state index contributed by atoms with van der Waals surface area (Å²) in [5, 5.41) is -0.156. The van der Waals surface area contributed by atoms with Gasteiger partial charge in [-0.15, -0.1) is 11.6 Å². The SMILES string of the molecule is COc1ncnc2c1nc(C(C)Cl)n2CCC(C)S(C)=O. The fourth-order valence-electron chi connectivity index (χ4n) is 2.08. The molecule has 0 aliphatic carbocycles. The minimum Gasteiger partial charge on any atom is -0.479 e. The summed E-state index contributed by atoms with van der Waals surface area (Å²) in [7, 11) is 0.695. The molecule has 2 rings (SSSR count). The van der Waals surface area contributed by atoms with Crippen molar-refractivity contribution in [3.8, 4) is 5.88 Å².